The molecular formula is C31H32F3NO7. The zero-order valence-corrected chi connectivity index (χ0v) is 22.8. The Morgan fingerprint density at radius 1 is 0.810 bits per heavy atom. The summed E-state index contributed by atoms with van der Waals surface area (Å²) < 4.78 is 44.9. The predicted octanol–water partition coefficient (Wildman–Crippen LogP) is 6.03. The van der Waals surface area contributed by atoms with Gasteiger partial charge in [0.25, 0.3) is 5.91 Å². The van der Waals surface area contributed by atoms with Crippen molar-refractivity contribution in [2.75, 3.05) is 0 Å². The van der Waals surface area contributed by atoms with Gasteiger partial charge in [-0.2, -0.15) is 13.2 Å². The van der Waals surface area contributed by atoms with Gasteiger partial charge in [-0.15, -0.1) is 6.58 Å². The van der Waals surface area contributed by atoms with Crippen molar-refractivity contribution in [3.8, 4) is 0 Å². The number of aromatic carboxylic acids is 2. The van der Waals surface area contributed by atoms with E-state index < -0.39 is 47.9 Å². The van der Waals surface area contributed by atoms with Crippen molar-refractivity contribution < 1.29 is 47.3 Å². The molecule has 5 rings (SSSR count). The number of rotatable bonds is 8. The van der Waals surface area contributed by atoms with Gasteiger partial charge in [0.1, 0.15) is 6.10 Å². The van der Waals surface area contributed by atoms with Gasteiger partial charge in [-0.25, -0.2) is 9.59 Å². The number of benzene rings is 2. The lowest BCUT2D eigenvalue weighted by Gasteiger charge is -2.29. The van der Waals surface area contributed by atoms with Gasteiger partial charge in [0.05, 0.1) is 23.1 Å². The van der Waals surface area contributed by atoms with Gasteiger partial charge in [0.15, 0.2) is 5.78 Å². The van der Waals surface area contributed by atoms with Gasteiger partial charge in [0, 0.05) is 27.9 Å². The number of carbonyl (C=O) groups excluding carboxylic acids is 2. The quantitative estimate of drug-likeness (QED) is 0.195. The van der Waals surface area contributed by atoms with Crippen LogP contribution in [0.5, 0.6) is 0 Å². The Bertz CT molecular complexity index is 1440. The number of halogens is 3. The van der Waals surface area contributed by atoms with E-state index in [0.717, 1.165) is 12.8 Å². The molecule has 1 unspecified atom stereocenters. The van der Waals surface area contributed by atoms with Crippen molar-refractivity contribution in [2.45, 2.75) is 75.8 Å². The number of hydrogen-bond donors (Lipinski definition) is 3. The molecule has 2 aromatic rings. The van der Waals surface area contributed by atoms with E-state index in [1.165, 1.54) is 24.3 Å². The number of Topliss-reactive ketones (excluding diaryl/α,β-unsaturated/α-hetero) is 1. The zero-order valence-electron chi connectivity index (χ0n) is 22.8. The minimum Gasteiger partial charge on any atom is -0.478 e. The van der Waals surface area contributed by atoms with Crippen molar-refractivity contribution in [2.24, 2.45) is 17.8 Å². The Hall–Kier alpha value is -3.73. The second kappa shape index (κ2) is 11.5. The van der Waals surface area contributed by atoms with E-state index in [4.69, 9.17) is 4.74 Å². The smallest absolute Gasteiger partial charge is 0.391 e. The van der Waals surface area contributed by atoms with E-state index in [9.17, 15) is 42.6 Å². The number of epoxide rings is 1. The molecule has 0 radical (unpaired) electrons. The Morgan fingerprint density at radius 3 is 1.86 bits per heavy atom. The first kappa shape index (κ1) is 29.8. The third-order valence-electron chi connectivity index (χ3n) is 9.06. The van der Waals surface area contributed by atoms with E-state index in [1.807, 2.05) is 6.08 Å². The number of carboxylic acids is 2. The van der Waals surface area contributed by atoms with Gasteiger partial charge < -0.3 is 20.3 Å². The van der Waals surface area contributed by atoms with Crippen LogP contribution in [0.25, 0.3) is 10.8 Å². The van der Waals surface area contributed by atoms with E-state index >= 15 is 0 Å². The van der Waals surface area contributed by atoms with Crippen molar-refractivity contribution in [3.63, 3.8) is 0 Å². The summed E-state index contributed by atoms with van der Waals surface area (Å²) in [4.78, 5) is 51.6. The average Bonchev–Trinajstić information content (AvgIpc) is 3.76. The second-order valence-electron chi connectivity index (χ2n) is 11.5. The maximum Gasteiger partial charge on any atom is 0.391 e. The van der Waals surface area contributed by atoms with Gasteiger partial charge in [-0.3, -0.25) is 9.59 Å². The number of nitrogens with one attached hydrogen (secondary N) is 1. The van der Waals surface area contributed by atoms with Gasteiger partial charge in [-0.1, -0.05) is 6.08 Å². The van der Waals surface area contributed by atoms with E-state index in [-0.39, 0.29) is 70.7 Å². The SMILES string of the molecule is C=CC1CCC(NC(=O)c2ccc(C(=O)O)c3c(C(=O)C4O[C@@H]4C4CCC(C(F)(F)F)CC4)ccc(C(=O)O)c23)CC1. The van der Waals surface area contributed by atoms with Crippen LogP contribution in [-0.2, 0) is 4.74 Å². The molecule has 2 aliphatic carbocycles. The molecule has 1 heterocycles. The number of carbonyl (C=O) groups is 4. The molecule has 2 atom stereocenters. The minimum absolute atomic E-state index is 0.0535. The maximum absolute atomic E-state index is 13.7. The number of ether oxygens (including phenoxy) is 1. The van der Waals surface area contributed by atoms with E-state index in [2.05, 4.69) is 11.9 Å². The first-order valence-corrected chi connectivity index (χ1v) is 14.2. The fraction of sp³-hybridized carbons (Fsp3) is 0.484. The molecule has 3 fully saturated rings. The van der Waals surface area contributed by atoms with Gasteiger partial charge in [-0.05, 0) is 87.5 Å². The summed E-state index contributed by atoms with van der Waals surface area (Å²) in [6, 6.07) is 4.67. The number of ketones is 1. The Kier molecular flexibility index (Phi) is 8.15. The highest BCUT2D eigenvalue weighted by molar-refractivity contribution is 6.24. The van der Waals surface area contributed by atoms with Crippen LogP contribution < -0.4 is 5.32 Å². The molecule has 42 heavy (non-hydrogen) atoms. The lowest BCUT2D eigenvalue weighted by molar-refractivity contribution is -0.184. The van der Waals surface area contributed by atoms with Crippen LogP contribution in [0.15, 0.2) is 36.9 Å². The molecule has 3 N–H and O–H groups in total. The minimum atomic E-state index is -4.27. The number of carboxylic acid groups (broad SMARTS) is 2. The molecule has 3 aliphatic rings. The zero-order chi connectivity index (χ0) is 30.3. The molecule has 1 saturated heterocycles. The summed E-state index contributed by atoms with van der Waals surface area (Å²) >= 11 is 0. The molecule has 8 nitrogen and oxygen atoms in total. The molecule has 0 bridgehead atoms. The Morgan fingerprint density at radius 2 is 1.33 bits per heavy atom. The third kappa shape index (κ3) is 5.79. The van der Waals surface area contributed by atoms with Crippen LogP contribution in [0.2, 0.25) is 0 Å². The van der Waals surface area contributed by atoms with Crippen molar-refractivity contribution in [1.82, 2.24) is 5.32 Å². The number of hydrogen-bond acceptors (Lipinski definition) is 5. The molecule has 2 aromatic carbocycles. The normalized spacial score (nSPS) is 27.7. The summed E-state index contributed by atoms with van der Waals surface area (Å²) in [7, 11) is 0. The molecule has 11 heteroatoms. The van der Waals surface area contributed by atoms with Crippen LogP contribution in [0.3, 0.4) is 0 Å². The van der Waals surface area contributed by atoms with Crippen molar-refractivity contribution in [3.05, 3.63) is 59.2 Å². The highest BCUT2D eigenvalue weighted by Gasteiger charge is 2.52. The molecule has 1 aliphatic heterocycles. The van der Waals surface area contributed by atoms with Crippen LogP contribution in [0.4, 0.5) is 13.2 Å². The molecule has 0 aromatic heterocycles. The monoisotopic (exact) mass is 587 g/mol. The van der Waals surface area contributed by atoms with Crippen LogP contribution in [0, 0.1) is 17.8 Å². The van der Waals surface area contributed by atoms with Crippen molar-refractivity contribution >= 4 is 34.4 Å². The largest absolute Gasteiger partial charge is 0.478 e. The van der Waals surface area contributed by atoms with E-state index in [0.29, 0.717) is 18.8 Å². The van der Waals surface area contributed by atoms with Gasteiger partial charge >= 0.3 is 18.1 Å². The number of fused-ring (bicyclic) bond motifs is 1. The molecular weight excluding hydrogens is 555 g/mol. The standard InChI is InChI=1S/C31H32F3NO7/c1-2-15-3-9-18(10-4-15)35-28(37)20-12-14-21(29(38)39)23-19(11-13-22(24(20)23)30(40)41)25(36)27-26(42-27)16-5-7-17(8-6-16)31(32,33)34/h2,11-18,26-27H,1,3-10H2,(H,35,37)(H,38,39)(H,40,41)/t15?,16?,17?,18?,26-,27?/m1/s1. The van der Waals surface area contributed by atoms with Gasteiger partial charge in [0.2, 0.25) is 0 Å². The van der Waals surface area contributed by atoms with Crippen molar-refractivity contribution in [1.29, 1.82) is 0 Å². The molecule has 2 saturated carbocycles. The first-order chi connectivity index (χ1) is 19.9. The highest BCUT2D eigenvalue weighted by Crippen LogP contribution is 2.46. The summed E-state index contributed by atoms with van der Waals surface area (Å²) in [6.45, 7) is 3.81. The maximum atomic E-state index is 13.7. The second-order valence-corrected chi connectivity index (χ2v) is 11.5. The molecule has 0 spiro atoms. The first-order valence-electron chi connectivity index (χ1n) is 14.2. The summed E-state index contributed by atoms with van der Waals surface area (Å²) in [5, 5.41) is 22.5. The fourth-order valence-corrected chi connectivity index (χ4v) is 6.63. The molecule has 1 amide bonds. The topological polar surface area (TPSA) is 133 Å². The van der Waals surface area contributed by atoms with Crippen LogP contribution in [-0.4, -0.2) is 58.3 Å². The number of allylic oxidation sites excluding steroid dienone is 1. The number of alkyl halides is 3. The van der Waals surface area contributed by atoms with Crippen LogP contribution >= 0.6 is 0 Å². The van der Waals surface area contributed by atoms with E-state index in [1.54, 1.807) is 0 Å². The molecule has 224 valence electrons. The number of amides is 1. The lowest BCUT2D eigenvalue weighted by Crippen LogP contribution is -2.37. The average molecular weight is 588 g/mol. The predicted molar refractivity (Wildman–Crippen MR) is 146 cm³/mol. The third-order valence-corrected chi connectivity index (χ3v) is 9.06. The Balaban J connectivity index is 1.46. The van der Waals surface area contributed by atoms with Crippen LogP contribution in [0.1, 0.15) is 92.8 Å². The Labute approximate surface area is 239 Å². The summed E-state index contributed by atoms with van der Waals surface area (Å²) in [5.41, 5.74) is -0.845. The lowest BCUT2D eigenvalue weighted by atomic mass is 9.79. The highest BCUT2D eigenvalue weighted by atomic mass is 19.4. The summed E-state index contributed by atoms with van der Waals surface area (Å²) in [6.07, 6.45) is -0.506. The fourth-order valence-electron chi connectivity index (χ4n) is 6.63. The summed E-state index contributed by atoms with van der Waals surface area (Å²) in [5.74, 6) is -5.26.